The monoisotopic (exact) mass is 223 g/mol. The van der Waals surface area contributed by atoms with E-state index < -0.39 is 0 Å². The number of hydrogen-bond donors (Lipinski definition) is 1. The van der Waals surface area contributed by atoms with E-state index in [-0.39, 0.29) is 17.5 Å². The van der Waals surface area contributed by atoms with Crippen LogP contribution < -0.4 is 5.32 Å². The van der Waals surface area contributed by atoms with Gasteiger partial charge < -0.3 is 15.0 Å². The van der Waals surface area contributed by atoms with Gasteiger partial charge in [-0.25, -0.2) is 0 Å². The first-order chi connectivity index (χ1) is 7.63. The predicted molar refractivity (Wildman–Crippen MR) is 59.4 cm³/mol. The Bertz CT molecular complexity index is 312. The summed E-state index contributed by atoms with van der Waals surface area (Å²) < 4.78 is 5.19. The van der Waals surface area contributed by atoms with Gasteiger partial charge in [-0.3, -0.25) is 4.79 Å². The molecule has 0 saturated carbocycles. The molecule has 1 aliphatic heterocycles. The van der Waals surface area contributed by atoms with E-state index in [0.717, 1.165) is 13.1 Å². The van der Waals surface area contributed by atoms with Gasteiger partial charge in [-0.05, 0) is 13.8 Å². The maximum absolute atomic E-state index is 11.6. The third kappa shape index (κ3) is 3.91. The molecule has 5 heteroatoms. The summed E-state index contributed by atoms with van der Waals surface area (Å²) in [6.07, 6.45) is 1.61. The molecule has 0 unspecified atom stereocenters. The van der Waals surface area contributed by atoms with Gasteiger partial charge in [0.05, 0.1) is 13.2 Å². The first-order valence-electron chi connectivity index (χ1n) is 5.38. The van der Waals surface area contributed by atoms with E-state index in [1.165, 1.54) is 0 Å². The number of nitrogens with zero attached hydrogens (tertiary/aromatic N) is 2. The number of morpholine rings is 1. The molecule has 88 valence electrons. The third-order valence-corrected chi connectivity index (χ3v) is 2.14. The van der Waals surface area contributed by atoms with Crippen LogP contribution in [0.2, 0.25) is 0 Å². The van der Waals surface area contributed by atoms with Gasteiger partial charge in [-0.2, -0.15) is 5.26 Å². The summed E-state index contributed by atoms with van der Waals surface area (Å²) in [6, 6.07) is 1.96. The van der Waals surface area contributed by atoms with Gasteiger partial charge in [-0.1, -0.05) is 0 Å². The zero-order valence-electron chi connectivity index (χ0n) is 9.69. The molecule has 0 bridgehead atoms. The van der Waals surface area contributed by atoms with Crippen LogP contribution in [0.3, 0.4) is 0 Å². The quantitative estimate of drug-likeness (QED) is 0.550. The van der Waals surface area contributed by atoms with Crippen molar-refractivity contribution < 1.29 is 9.53 Å². The van der Waals surface area contributed by atoms with Crippen molar-refractivity contribution in [1.82, 2.24) is 10.2 Å². The van der Waals surface area contributed by atoms with Crippen LogP contribution in [0, 0.1) is 11.3 Å². The molecule has 0 radical (unpaired) electrons. The van der Waals surface area contributed by atoms with Crippen LogP contribution in [0.1, 0.15) is 13.8 Å². The van der Waals surface area contributed by atoms with Crippen molar-refractivity contribution in [1.29, 1.82) is 5.26 Å². The molecular formula is C11H17N3O2. The lowest BCUT2D eigenvalue weighted by atomic mass is 10.2. The van der Waals surface area contributed by atoms with Crippen LogP contribution in [0.25, 0.3) is 0 Å². The Labute approximate surface area is 95.7 Å². The highest BCUT2D eigenvalue weighted by molar-refractivity contribution is 5.97. The molecule has 1 amide bonds. The molecule has 0 aromatic heterocycles. The maximum Gasteiger partial charge on any atom is 0.263 e. The van der Waals surface area contributed by atoms with Gasteiger partial charge >= 0.3 is 0 Å². The molecule has 0 aliphatic carbocycles. The van der Waals surface area contributed by atoms with Crippen molar-refractivity contribution in [2.45, 2.75) is 19.9 Å². The zero-order chi connectivity index (χ0) is 12.0. The number of carbonyl (C=O) groups is 1. The Morgan fingerprint density at radius 1 is 1.50 bits per heavy atom. The van der Waals surface area contributed by atoms with E-state index in [9.17, 15) is 4.79 Å². The van der Waals surface area contributed by atoms with E-state index in [0.29, 0.717) is 13.2 Å². The van der Waals surface area contributed by atoms with Crippen molar-refractivity contribution in [3.63, 3.8) is 0 Å². The van der Waals surface area contributed by atoms with Gasteiger partial charge in [0, 0.05) is 25.3 Å². The minimum atomic E-state index is -0.316. The molecule has 0 aromatic carbocycles. The van der Waals surface area contributed by atoms with Gasteiger partial charge in [0.15, 0.2) is 0 Å². The second-order valence-corrected chi connectivity index (χ2v) is 3.93. The van der Waals surface area contributed by atoms with Crippen molar-refractivity contribution in [3.8, 4) is 6.07 Å². The highest BCUT2D eigenvalue weighted by Gasteiger charge is 2.13. The summed E-state index contributed by atoms with van der Waals surface area (Å²) >= 11 is 0. The van der Waals surface area contributed by atoms with Crippen LogP contribution in [0.15, 0.2) is 11.8 Å². The average molecular weight is 223 g/mol. The third-order valence-electron chi connectivity index (χ3n) is 2.14. The lowest BCUT2D eigenvalue weighted by Gasteiger charge is -2.25. The number of hydrogen-bond acceptors (Lipinski definition) is 4. The Balaban J connectivity index is 2.61. The van der Waals surface area contributed by atoms with Gasteiger partial charge in [0.1, 0.15) is 11.6 Å². The summed E-state index contributed by atoms with van der Waals surface area (Å²) in [4.78, 5) is 13.5. The number of nitrogens with one attached hydrogen (secondary N) is 1. The van der Waals surface area contributed by atoms with E-state index >= 15 is 0 Å². The molecule has 0 atom stereocenters. The van der Waals surface area contributed by atoms with Crippen molar-refractivity contribution in [3.05, 3.63) is 11.8 Å². The summed E-state index contributed by atoms with van der Waals surface area (Å²) in [6.45, 7) is 6.45. The molecular weight excluding hydrogens is 206 g/mol. The number of nitriles is 1. The number of ether oxygens (including phenoxy) is 1. The maximum atomic E-state index is 11.6. The smallest absolute Gasteiger partial charge is 0.263 e. The van der Waals surface area contributed by atoms with Crippen molar-refractivity contribution in [2.24, 2.45) is 0 Å². The Morgan fingerprint density at radius 2 is 2.12 bits per heavy atom. The van der Waals surface area contributed by atoms with E-state index in [1.807, 2.05) is 24.8 Å². The number of rotatable bonds is 3. The van der Waals surface area contributed by atoms with E-state index in [1.54, 1.807) is 6.20 Å². The molecule has 1 rings (SSSR count). The molecule has 1 fully saturated rings. The lowest BCUT2D eigenvalue weighted by molar-refractivity contribution is -0.117. The SMILES string of the molecule is CC(C)NC(=O)C(C#N)=CN1CCOCC1. The summed E-state index contributed by atoms with van der Waals surface area (Å²) in [7, 11) is 0. The van der Waals surface area contributed by atoms with Crippen LogP contribution in [-0.2, 0) is 9.53 Å². The second-order valence-electron chi connectivity index (χ2n) is 3.93. The standard InChI is InChI=1S/C11H17N3O2/c1-9(2)13-11(15)10(7-12)8-14-3-5-16-6-4-14/h8-9H,3-6H2,1-2H3,(H,13,15). The molecule has 16 heavy (non-hydrogen) atoms. The zero-order valence-corrected chi connectivity index (χ0v) is 9.69. The first-order valence-corrected chi connectivity index (χ1v) is 5.38. The fraction of sp³-hybridized carbons (Fsp3) is 0.636. The predicted octanol–water partition coefficient (Wildman–Crippen LogP) is 0.251. The Kier molecular flexibility index (Phi) is 4.80. The summed E-state index contributed by atoms with van der Waals surface area (Å²) in [5.74, 6) is -0.316. The molecule has 1 saturated heterocycles. The van der Waals surface area contributed by atoms with E-state index in [2.05, 4.69) is 5.32 Å². The van der Waals surface area contributed by atoms with Gasteiger partial charge in [0.2, 0.25) is 0 Å². The van der Waals surface area contributed by atoms with Crippen LogP contribution >= 0.6 is 0 Å². The number of amides is 1. The highest BCUT2D eigenvalue weighted by Crippen LogP contribution is 2.02. The molecule has 1 heterocycles. The van der Waals surface area contributed by atoms with Crippen LogP contribution in [-0.4, -0.2) is 43.2 Å². The average Bonchev–Trinajstić information content (AvgIpc) is 2.26. The molecule has 0 spiro atoms. The molecule has 1 N–H and O–H groups in total. The van der Waals surface area contributed by atoms with E-state index in [4.69, 9.17) is 10.00 Å². The van der Waals surface area contributed by atoms with Crippen LogP contribution in [0.5, 0.6) is 0 Å². The van der Waals surface area contributed by atoms with Gasteiger partial charge in [-0.15, -0.1) is 0 Å². The topological polar surface area (TPSA) is 65.4 Å². The second kappa shape index (κ2) is 6.13. The largest absolute Gasteiger partial charge is 0.378 e. The molecule has 5 nitrogen and oxygen atoms in total. The minimum Gasteiger partial charge on any atom is -0.378 e. The summed E-state index contributed by atoms with van der Waals surface area (Å²) in [5.41, 5.74) is 0.149. The fourth-order valence-electron chi connectivity index (χ4n) is 1.37. The minimum absolute atomic E-state index is 0.0361. The Morgan fingerprint density at radius 3 is 2.62 bits per heavy atom. The summed E-state index contributed by atoms with van der Waals surface area (Å²) in [5, 5.41) is 11.6. The number of carbonyl (C=O) groups excluding carboxylic acids is 1. The normalized spacial score (nSPS) is 17.1. The lowest BCUT2D eigenvalue weighted by Crippen LogP contribution is -2.35. The highest BCUT2D eigenvalue weighted by atomic mass is 16.5. The van der Waals surface area contributed by atoms with Crippen molar-refractivity contribution >= 4 is 5.91 Å². The molecule has 0 aromatic rings. The van der Waals surface area contributed by atoms with Crippen LogP contribution in [0.4, 0.5) is 0 Å². The Hall–Kier alpha value is -1.54. The van der Waals surface area contributed by atoms with Gasteiger partial charge in [0.25, 0.3) is 5.91 Å². The molecule has 1 aliphatic rings. The first kappa shape index (κ1) is 12.5. The van der Waals surface area contributed by atoms with Crippen molar-refractivity contribution in [2.75, 3.05) is 26.3 Å². The fourth-order valence-corrected chi connectivity index (χ4v) is 1.37.